The van der Waals surface area contributed by atoms with Gasteiger partial charge < -0.3 is 5.73 Å². The van der Waals surface area contributed by atoms with E-state index in [9.17, 15) is 9.59 Å². The Kier molecular flexibility index (Phi) is 1.53. The predicted octanol–water partition coefficient (Wildman–Crippen LogP) is -0.425. The second kappa shape index (κ2) is 2.34. The van der Waals surface area contributed by atoms with Crippen molar-refractivity contribution in [3.8, 4) is 0 Å². The normalized spacial score (nSPS) is 9.20. The summed E-state index contributed by atoms with van der Waals surface area (Å²) in [4.78, 5) is 21.1. The lowest BCUT2D eigenvalue weighted by molar-refractivity contribution is 0.249. The number of aromatic nitrogens is 1. The van der Waals surface area contributed by atoms with Crippen LogP contribution in [0.3, 0.4) is 0 Å². The molecule has 4 heteroatoms. The molecule has 0 fully saturated rings. The standard InChI is InChI=1S/C6H5N2O2/c7-6(10)8-4-2-1-3-5(8)9/h2-4H,(H2,7,10). The molecule has 1 amide bonds. The summed E-state index contributed by atoms with van der Waals surface area (Å²) in [5.41, 5.74) is 4.36. The van der Waals surface area contributed by atoms with Gasteiger partial charge in [0.2, 0.25) is 0 Å². The summed E-state index contributed by atoms with van der Waals surface area (Å²) >= 11 is 0. The average Bonchev–Trinajstić information content (AvgIpc) is 1.88. The van der Waals surface area contributed by atoms with Crippen LogP contribution in [0.15, 0.2) is 23.1 Å². The Hall–Kier alpha value is -1.58. The van der Waals surface area contributed by atoms with Gasteiger partial charge in [-0.1, -0.05) is 0 Å². The monoisotopic (exact) mass is 137 g/mol. The number of amides is 1. The van der Waals surface area contributed by atoms with Crippen LogP contribution in [0.5, 0.6) is 0 Å². The fourth-order valence-corrected chi connectivity index (χ4v) is 0.562. The molecule has 0 atom stereocenters. The summed E-state index contributed by atoms with van der Waals surface area (Å²) in [6.45, 7) is 0. The molecule has 0 unspecified atom stereocenters. The zero-order chi connectivity index (χ0) is 7.56. The molecule has 0 aliphatic rings. The molecule has 4 nitrogen and oxygen atoms in total. The van der Waals surface area contributed by atoms with Crippen molar-refractivity contribution < 1.29 is 4.79 Å². The highest BCUT2D eigenvalue weighted by Crippen LogP contribution is 1.76. The van der Waals surface area contributed by atoms with Gasteiger partial charge in [-0.3, -0.25) is 4.79 Å². The highest BCUT2D eigenvalue weighted by molar-refractivity contribution is 5.74. The third-order valence-electron chi connectivity index (χ3n) is 1.00. The third kappa shape index (κ3) is 1.05. The minimum absolute atomic E-state index is 0.463. The van der Waals surface area contributed by atoms with E-state index in [1.54, 1.807) is 0 Å². The molecule has 0 saturated heterocycles. The Morgan fingerprint density at radius 1 is 1.70 bits per heavy atom. The lowest BCUT2D eigenvalue weighted by atomic mass is 10.5. The summed E-state index contributed by atoms with van der Waals surface area (Å²) < 4.78 is 0.802. The number of hydrogen-bond acceptors (Lipinski definition) is 2. The number of pyridine rings is 1. The van der Waals surface area contributed by atoms with Crippen LogP contribution in [0, 0.1) is 6.07 Å². The number of hydrogen-bond donors (Lipinski definition) is 1. The molecular formula is C6H5N2O2. The Bertz CT molecular complexity index is 303. The minimum atomic E-state index is -0.779. The molecule has 51 valence electrons. The van der Waals surface area contributed by atoms with Gasteiger partial charge in [0.15, 0.2) is 0 Å². The van der Waals surface area contributed by atoms with E-state index >= 15 is 0 Å². The van der Waals surface area contributed by atoms with E-state index in [1.807, 2.05) is 0 Å². The number of nitrogens with two attached hydrogens (primary N) is 1. The maximum absolute atomic E-state index is 10.7. The van der Waals surface area contributed by atoms with Crippen molar-refractivity contribution in [1.29, 1.82) is 0 Å². The van der Waals surface area contributed by atoms with E-state index in [0.29, 0.717) is 0 Å². The summed E-state index contributed by atoms with van der Waals surface area (Å²) in [6.07, 6.45) is 1.27. The van der Waals surface area contributed by atoms with Crippen LogP contribution >= 0.6 is 0 Å². The van der Waals surface area contributed by atoms with Crippen LogP contribution in [-0.2, 0) is 0 Å². The summed E-state index contributed by atoms with van der Waals surface area (Å²) in [6, 6.07) is 4.32. The zero-order valence-electron chi connectivity index (χ0n) is 5.07. The second-order valence-corrected chi connectivity index (χ2v) is 1.67. The Morgan fingerprint density at radius 2 is 2.40 bits per heavy atom. The first-order valence-corrected chi connectivity index (χ1v) is 2.60. The molecule has 1 aromatic heterocycles. The molecule has 1 rings (SSSR count). The lowest BCUT2D eigenvalue weighted by Crippen LogP contribution is -2.30. The van der Waals surface area contributed by atoms with Crippen LogP contribution in [0.4, 0.5) is 4.79 Å². The Morgan fingerprint density at radius 3 is 2.80 bits per heavy atom. The predicted molar refractivity (Wildman–Crippen MR) is 34.5 cm³/mol. The molecular weight excluding hydrogens is 132 g/mol. The maximum atomic E-state index is 10.7. The molecule has 0 aromatic carbocycles. The molecule has 1 heterocycles. The van der Waals surface area contributed by atoms with Gasteiger partial charge in [0.05, 0.1) is 0 Å². The van der Waals surface area contributed by atoms with E-state index in [2.05, 4.69) is 6.07 Å². The molecule has 0 aliphatic heterocycles. The second-order valence-electron chi connectivity index (χ2n) is 1.67. The van der Waals surface area contributed by atoms with Crippen LogP contribution in [0.1, 0.15) is 0 Å². The van der Waals surface area contributed by atoms with E-state index in [-0.39, 0.29) is 0 Å². The van der Waals surface area contributed by atoms with Crippen LogP contribution in [-0.4, -0.2) is 10.6 Å². The van der Waals surface area contributed by atoms with Gasteiger partial charge in [-0.25, -0.2) is 9.36 Å². The van der Waals surface area contributed by atoms with Crippen molar-refractivity contribution in [2.45, 2.75) is 0 Å². The summed E-state index contributed by atoms with van der Waals surface area (Å²) in [5, 5.41) is 0. The molecule has 0 aliphatic carbocycles. The van der Waals surface area contributed by atoms with Crippen molar-refractivity contribution in [2.24, 2.45) is 5.73 Å². The number of carbonyl (C=O) groups excluding carboxylic acids is 1. The Balaban J connectivity index is 3.29. The van der Waals surface area contributed by atoms with Gasteiger partial charge in [0.25, 0.3) is 5.56 Å². The minimum Gasteiger partial charge on any atom is -0.351 e. The first-order chi connectivity index (χ1) is 4.72. The molecule has 0 bridgehead atoms. The van der Waals surface area contributed by atoms with Crippen molar-refractivity contribution >= 4 is 6.03 Å². The van der Waals surface area contributed by atoms with Gasteiger partial charge in [-0.2, -0.15) is 0 Å². The molecule has 10 heavy (non-hydrogen) atoms. The van der Waals surface area contributed by atoms with Gasteiger partial charge in [0.1, 0.15) is 0 Å². The third-order valence-corrected chi connectivity index (χ3v) is 1.00. The molecule has 2 N–H and O–H groups in total. The van der Waals surface area contributed by atoms with E-state index in [0.717, 1.165) is 10.6 Å². The van der Waals surface area contributed by atoms with Crippen molar-refractivity contribution in [1.82, 2.24) is 4.57 Å². The topological polar surface area (TPSA) is 65.1 Å². The van der Waals surface area contributed by atoms with E-state index in [1.165, 1.54) is 12.3 Å². The molecule has 1 radical (unpaired) electrons. The molecule has 0 saturated carbocycles. The quantitative estimate of drug-likeness (QED) is 0.527. The van der Waals surface area contributed by atoms with Crippen LogP contribution in [0.2, 0.25) is 0 Å². The number of nitrogens with zero attached hydrogens (tertiary/aromatic N) is 1. The lowest BCUT2D eigenvalue weighted by Gasteiger charge is -1.94. The fraction of sp³-hybridized carbons (Fsp3) is 0. The highest BCUT2D eigenvalue weighted by atomic mass is 16.2. The van der Waals surface area contributed by atoms with Crippen LogP contribution in [0.25, 0.3) is 0 Å². The van der Waals surface area contributed by atoms with Gasteiger partial charge in [-0.05, 0) is 12.1 Å². The number of rotatable bonds is 0. The van der Waals surface area contributed by atoms with Gasteiger partial charge in [-0.15, -0.1) is 0 Å². The summed E-state index contributed by atoms with van der Waals surface area (Å²) in [7, 11) is 0. The molecule has 0 spiro atoms. The van der Waals surface area contributed by atoms with Crippen molar-refractivity contribution in [3.05, 3.63) is 34.7 Å². The maximum Gasteiger partial charge on any atom is 0.325 e. The fourth-order valence-electron chi connectivity index (χ4n) is 0.562. The van der Waals surface area contributed by atoms with E-state index < -0.39 is 11.6 Å². The van der Waals surface area contributed by atoms with Gasteiger partial charge in [0, 0.05) is 12.3 Å². The highest BCUT2D eigenvalue weighted by Gasteiger charge is 1.96. The SMILES string of the molecule is NC(=O)n1cc[c]cc1=O. The Labute approximate surface area is 56.9 Å². The first kappa shape index (κ1) is 6.54. The van der Waals surface area contributed by atoms with Crippen molar-refractivity contribution in [2.75, 3.05) is 0 Å². The molecule has 1 aromatic rings. The first-order valence-electron chi connectivity index (χ1n) is 2.60. The van der Waals surface area contributed by atoms with Crippen LogP contribution < -0.4 is 11.3 Å². The average molecular weight is 137 g/mol. The summed E-state index contributed by atoms with van der Waals surface area (Å²) in [5.74, 6) is 0. The zero-order valence-corrected chi connectivity index (χ0v) is 5.07. The van der Waals surface area contributed by atoms with Crippen molar-refractivity contribution in [3.63, 3.8) is 0 Å². The van der Waals surface area contributed by atoms with E-state index in [4.69, 9.17) is 5.73 Å². The largest absolute Gasteiger partial charge is 0.351 e. The number of primary amides is 1. The smallest absolute Gasteiger partial charge is 0.325 e. The van der Waals surface area contributed by atoms with Gasteiger partial charge >= 0.3 is 6.03 Å². The number of carbonyl (C=O) groups is 1.